The number of sulfonamides is 2. The summed E-state index contributed by atoms with van der Waals surface area (Å²) in [6, 6.07) is -1.13. The lowest BCUT2D eigenvalue weighted by molar-refractivity contribution is -0.128. The molecule has 13 heteroatoms. The SMILES string of the molecule is CCC[C@H]1C(=O)N(S(C)(=O)=O)[C@H]2CCN(S(=O)(=O)CCCN3CCN(C)CC3)[C@H]12.Cl.Cl. The Kier molecular flexibility index (Phi) is 10.5. The molecule has 9 nitrogen and oxygen atoms in total. The lowest BCUT2D eigenvalue weighted by Gasteiger charge is -2.32. The fourth-order valence-corrected chi connectivity index (χ4v) is 7.92. The van der Waals surface area contributed by atoms with Gasteiger partial charge in [0.2, 0.25) is 26.0 Å². The van der Waals surface area contributed by atoms with Crippen LogP contribution in [0.1, 0.15) is 32.6 Å². The molecule has 0 bridgehead atoms. The van der Waals surface area contributed by atoms with Crippen molar-refractivity contribution in [2.45, 2.75) is 44.7 Å². The van der Waals surface area contributed by atoms with Gasteiger partial charge in [0.1, 0.15) is 0 Å². The summed E-state index contributed by atoms with van der Waals surface area (Å²) in [6.45, 7) is 6.82. The van der Waals surface area contributed by atoms with Crippen LogP contribution in [0.15, 0.2) is 0 Å². The van der Waals surface area contributed by atoms with Gasteiger partial charge in [-0.1, -0.05) is 13.3 Å². The fourth-order valence-electron chi connectivity index (χ4n) is 4.97. The zero-order valence-corrected chi connectivity index (χ0v) is 21.7. The van der Waals surface area contributed by atoms with E-state index in [1.54, 1.807) is 0 Å². The third kappa shape index (κ3) is 6.24. The second-order valence-electron chi connectivity index (χ2n) is 8.56. The Morgan fingerprint density at radius 3 is 2.16 bits per heavy atom. The van der Waals surface area contributed by atoms with Gasteiger partial charge < -0.3 is 9.80 Å². The first-order valence-electron chi connectivity index (χ1n) is 10.5. The Bertz CT molecular complexity index is 819. The highest BCUT2D eigenvalue weighted by atomic mass is 35.5. The number of hydrogen-bond acceptors (Lipinski definition) is 7. The maximum absolute atomic E-state index is 13.1. The topological polar surface area (TPSA) is 98.3 Å². The number of piperazine rings is 1. The van der Waals surface area contributed by atoms with Crippen LogP contribution in [-0.2, 0) is 24.8 Å². The van der Waals surface area contributed by atoms with Gasteiger partial charge in [0, 0.05) is 32.7 Å². The van der Waals surface area contributed by atoms with Crippen LogP contribution in [0.4, 0.5) is 0 Å². The number of amides is 1. The summed E-state index contributed by atoms with van der Waals surface area (Å²) in [5, 5.41) is 0. The lowest BCUT2D eigenvalue weighted by Crippen LogP contribution is -2.46. The van der Waals surface area contributed by atoms with Gasteiger partial charge in [-0.2, -0.15) is 4.31 Å². The van der Waals surface area contributed by atoms with Crippen molar-refractivity contribution in [2.24, 2.45) is 5.92 Å². The number of halogens is 2. The molecule has 1 amide bonds. The first kappa shape index (κ1) is 28.9. The fraction of sp³-hybridized carbons (Fsp3) is 0.944. The highest BCUT2D eigenvalue weighted by Crippen LogP contribution is 2.41. The highest BCUT2D eigenvalue weighted by Gasteiger charge is 2.58. The Morgan fingerprint density at radius 2 is 1.61 bits per heavy atom. The third-order valence-electron chi connectivity index (χ3n) is 6.41. The average molecular weight is 524 g/mol. The van der Waals surface area contributed by atoms with Crippen LogP contribution in [0, 0.1) is 5.92 Å². The maximum Gasteiger partial charge on any atom is 0.241 e. The van der Waals surface area contributed by atoms with Crippen molar-refractivity contribution in [1.82, 2.24) is 18.4 Å². The molecular weight excluding hydrogens is 487 g/mol. The average Bonchev–Trinajstić information content (AvgIpc) is 3.15. The molecule has 0 spiro atoms. The van der Waals surface area contributed by atoms with Gasteiger partial charge in [0.15, 0.2) is 0 Å². The van der Waals surface area contributed by atoms with E-state index in [-0.39, 0.29) is 37.1 Å². The summed E-state index contributed by atoms with van der Waals surface area (Å²) in [7, 11) is -5.17. The van der Waals surface area contributed by atoms with Crippen molar-refractivity contribution in [3.63, 3.8) is 0 Å². The van der Waals surface area contributed by atoms with Crippen molar-refractivity contribution in [1.29, 1.82) is 0 Å². The van der Waals surface area contributed by atoms with Crippen molar-refractivity contribution >= 4 is 50.8 Å². The summed E-state index contributed by atoms with van der Waals surface area (Å²) >= 11 is 0. The quantitative estimate of drug-likeness (QED) is 0.456. The molecule has 0 N–H and O–H groups in total. The lowest BCUT2D eigenvalue weighted by atomic mass is 9.95. The van der Waals surface area contributed by atoms with Gasteiger partial charge in [-0.15, -0.1) is 24.8 Å². The van der Waals surface area contributed by atoms with Crippen molar-refractivity contribution in [3.8, 4) is 0 Å². The summed E-state index contributed by atoms with van der Waals surface area (Å²) in [5.74, 6) is -0.981. The number of likely N-dealkylation sites (N-methyl/N-ethyl adjacent to an activating group) is 1. The molecule has 0 unspecified atom stereocenters. The van der Waals surface area contributed by atoms with Gasteiger partial charge in [0.05, 0.1) is 30.0 Å². The summed E-state index contributed by atoms with van der Waals surface area (Å²) in [6.07, 6.45) is 3.15. The normalized spacial score (nSPS) is 28.3. The van der Waals surface area contributed by atoms with E-state index in [0.29, 0.717) is 25.7 Å². The van der Waals surface area contributed by atoms with Crippen LogP contribution < -0.4 is 0 Å². The monoisotopic (exact) mass is 522 g/mol. The minimum atomic E-state index is -3.71. The van der Waals surface area contributed by atoms with E-state index in [4.69, 9.17) is 0 Å². The molecule has 3 atom stereocenters. The summed E-state index contributed by atoms with van der Waals surface area (Å²) < 4.78 is 53.0. The second-order valence-corrected chi connectivity index (χ2v) is 12.5. The first-order chi connectivity index (χ1) is 13.6. The Labute approximate surface area is 199 Å². The van der Waals surface area contributed by atoms with Gasteiger partial charge in [-0.3, -0.25) is 4.79 Å². The zero-order chi connectivity index (χ0) is 21.4. The number of fused-ring (bicyclic) bond motifs is 1. The van der Waals surface area contributed by atoms with Crippen molar-refractivity contribution in [2.75, 3.05) is 58.3 Å². The molecule has 3 aliphatic heterocycles. The minimum Gasteiger partial charge on any atom is -0.304 e. The van der Waals surface area contributed by atoms with E-state index in [1.807, 2.05) is 6.92 Å². The van der Waals surface area contributed by atoms with Gasteiger partial charge >= 0.3 is 0 Å². The molecule has 3 saturated heterocycles. The third-order valence-corrected chi connectivity index (χ3v) is 9.52. The van der Waals surface area contributed by atoms with E-state index in [2.05, 4.69) is 16.8 Å². The standard InChI is InChI=1S/C18H34N4O5S2.2ClH/c1-4-6-15-17-16(22(18(15)23)28(3,24)25)7-9-21(17)29(26,27)14-5-8-20-12-10-19(2)11-13-20;;/h15-17H,4-14H2,1-3H3;2*1H/t15-,16+,17-;;/m1../s1. The molecular formula is C18H36Cl2N4O5S2. The number of carbonyl (C=O) groups is 1. The number of rotatable bonds is 8. The molecule has 3 rings (SSSR count). The van der Waals surface area contributed by atoms with E-state index >= 15 is 0 Å². The molecule has 0 aliphatic carbocycles. The van der Waals surface area contributed by atoms with Crippen molar-refractivity contribution in [3.05, 3.63) is 0 Å². The Morgan fingerprint density at radius 1 is 1.00 bits per heavy atom. The summed E-state index contributed by atoms with van der Waals surface area (Å²) in [4.78, 5) is 17.3. The predicted molar refractivity (Wildman–Crippen MR) is 126 cm³/mol. The molecule has 0 radical (unpaired) electrons. The predicted octanol–water partition coefficient (Wildman–Crippen LogP) is 0.458. The maximum atomic E-state index is 13.1. The molecule has 3 heterocycles. The van der Waals surface area contributed by atoms with Gasteiger partial charge in [-0.25, -0.2) is 21.1 Å². The molecule has 0 aromatic heterocycles. The highest BCUT2D eigenvalue weighted by molar-refractivity contribution is 7.89. The van der Waals surface area contributed by atoms with Crippen LogP contribution in [0.2, 0.25) is 0 Å². The Hall–Kier alpha value is -0.170. The van der Waals surface area contributed by atoms with E-state index in [9.17, 15) is 21.6 Å². The number of carbonyl (C=O) groups excluding carboxylic acids is 1. The molecule has 184 valence electrons. The molecule has 3 aliphatic rings. The van der Waals surface area contributed by atoms with Crippen LogP contribution in [0.3, 0.4) is 0 Å². The van der Waals surface area contributed by atoms with Crippen LogP contribution in [-0.4, -0.2) is 112 Å². The number of hydrogen-bond donors (Lipinski definition) is 0. The molecule has 0 saturated carbocycles. The molecule has 31 heavy (non-hydrogen) atoms. The van der Waals surface area contributed by atoms with E-state index in [0.717, 1.165) is 43.3 Å². The van der Waals surface area contributed by atoms with E-state index < -0.39 is 44.0 Å². The number of nitrogens with zero attached hydrogens (tertiary/aromatic N) is 4. The van der Waals surface area contributed by atoms with Crippen LogP contribution in [0.5, 0.6) is 0 Å². The largest absolute Gasteiger partial charge is 0.304 e. The Balaban J connectivity index is 0.00000240. The van der Waals surface area contributed by atoms with Crippen LogP contribution >= 0.6 is 24.8 Å². The van der Waals surface area contributed by atoms with Gasteiger partial charge in [-0.05, 0) is 32.9 Å². The smallest absolute Gasteiger partial charge is 0.241 e. The second kappa shape index (κ2) is 11.3. The van der Waals surface area contributed by atoms with Crippen molar-refractivity contribution < 1.29 is 21.6 Å². The zero-order valence-electron chi connectivity index (χ0n) is 18.5. The van der Waals surface area contributed by atoms with Gasteiger partial charge in [0.25, 0.3) is 0 Å². The van der Waals surface area contributed by atoms with Crippen LogP contribution in [0.25, 0.3) is 0 Å². The van der Waals surface area contributed by atoms with E-state index in [1.165, 1.54) is 4.31 Å². The molecule has 3 fully saturated rings. The summed E-state index contributed by atoms with van der Waals surface area (Å²) in [5.41, 5.74) is 0. The molecule has 0 aromatic rings. The first-order valence-corrected chi connectivity index (χ1v) is 14.0. The minimum absolute atomic E-state index is 0. The molecule has 0 aromatic carbocycles.